The van der Waals surface area contributed by atoms with E-state index in [1.807, 2.05) is 0 Å². The van der Waals surface area contributed by atoms with Crippen LogP contribution in [0.15, 0.2) is 14.4 Å². The largest absolute Gasteiger partial charge is 0.447 e. The Hall–Kier alpha value is -3.99. The van der Waals surface area contributed by atoms with Gasteiger partial charge in [0.05, 0.1) is 0 Å². The predicted octanol–water partition coefficient (Wildman–Crippen LogP) is 2.90. The van der Waals surface area contributed by atoms with Crippen LogP contribution < -0.4 is 33.0 Å². The highest BCUT2D eigenvalue weighted by Gasteiger charge is 2.15. The second-order valence-electron chi connectivity index (χ2n) is 10.5. The monoisotopic (exact) mass is 682 g/mol. The molecule has 3 amide bonds. The third-order valence-corrected chi connectivity index (χ3v) is 6.93. The van der Waals surface area contributed by atoms with Crippen molar-refractivity contribution in [1.29, 1.82) is 0 Å². The number of nitrogens with zero attached hydrogens (tertiary/aromatic N) is 3. The molecule has 1 heterocycles. The second kappa shape index (κ2) is 26.1. The summed E-state index contributed by atoms with van der Waals surface area (Å²) in [7, 11) is 0. The molecule has 1 aromatic heterocycles. The molecule has 0 spiro atoms. The van der Waals surface area contributed by atoms with Gasteiger partial charge in [0.15, 0.2) is 0 Å². The second-order valence-corrected chi connectivity index (χ2v) is 10.5. The standard InChI is InChI=1S/C29H49F3N6O9/c30-13-21-45-24(39)33-15-7-1-4-10-18-36-27(42)37(19-11-5-2-8-16-34-25(40)46-22-14-31)29(44)38(28(36)43)20-12-6-3-9-17-35-26(41)47-23-32/h1-23H2,(H,33,39)(H,34,40)(H,35,41). The minimum absolute atomic E-state index is 0.101. The van der Waals surface area contributed by atoms with E-state index in [9.17, 15) is 41.9 Å². The fraction of sp³-hybridized carbons (Fsp3) is 0.793. The van der Waals surface area contributed by atoms with Crippen LogP contribution in [0.1, 0.15) is 77.0 Å². The minimum Gasteiger partial charge on any atom is -0.447 e. The first kappa shape index (κ1) is 41.0. The summed E-state index contributed by atoms with van der Waals surface area (Å²) < 4.78 is 52.7. The number of alkyl halides is 3. The zero-order valence-corrected chi connectivity index (χ0v) is 26.9. The van der Waals surface area contributed by atoms with Crippen molar-refractivity contribution >= 4 is 18.3 Å². The number of alkyl carbamates (subject to hydrolysis) is 3. The molecule has 0 saturated heterocycles. The van der Waals surface area contributed by atoms with Gasteiger partial charge in [0.1, 0.15) is 26.6 Å². The highest BCUT2D eigenvalue weighted by atomic mass is 19.1. The smallest absolute Gasteiger partial charge is 0.409 e. The lowest BCUT2D eigenvalue weighted by Gasteiger charge is -2.14. The maximum atomic E-state index is 13.2. The molecule has 1 aromatic rings. The van der Waals surface area contributed by atoms with Gasteiger partial charge in [-0.05, 0) is 38.5 Å². The number of carbonyl (C=O) groups is 3. The molecule has 15 nitrogen and oxygen atoms in total. The van der Waals surface area contributed by atoms with E-state index in [2.05, 4.69) is 30.2 Å². The molecular formula is C29H49F3N6O9. The lowest BCUT2D eigenvalue weighted by Crippen LogP contribution is -2.54. The number of halogens is 3. The molecule has 270 valence electrons. The van der Waals surface area contributed by atoms with Gasteiger partial charge in [-0.3, -0.25) is 0 Å². The third-order valence-electron chi connectivity index (χ3n) is 6.93. The van der Waals surface area contributed by atoms with Crippen molar-refractivity contribution in [3.05, 3.63) is 31.5 Å². The van der Waals surface area contributed by atoms with Gasteiger partial charge in [-0.15, -0.1) is 0 Å². The van der Waals surface area contributed by atoms with Crippen molar-refractivity contribution < 1.29 is 41.8 Å². The zero-order valence-electron chi connectivity index (χ0n) is 26.9. The maximum absolute atomic E-state index is 13.2. The Morgan fingerprint density at radius 1 is 0.468 bits per heavy atom. The molecule has 0 radical (unpaired) electrons. The van der Waals surface area contributed by atoms with E-state index >= 15 is 0 Å². The Morgan fingerprint density at radius 2 is 0.766 bits per heavy atom. The first-order chi connectivity index (χ1) is 22.8. The summed E-state index contributed by atoms with van der Waals surface area (Å²) in [5.74, 6) is 0. The number of ether oxygens (including phenoxy) is 3. The lowest BCUT2D eigenvalue weighted by molar-refractivity contribution is 0.0982. The summed E-state index contributed by atoms with van der Waals surface area (Å²) in [6.07, 6.45) is 5.00. The Morgan fingerprint density at radius 3 is 1.06 bits per heavy atom. The average molecular weight is 683 g/mol. The van der Waals surface area contributed by atoms with Crippen LogP contribution in [0.3, 0.4) is 0 Å². The van der Waals surface area contributed by atoms with E-state index < -0.39 is 55.6 Å². The normalized spacial score (nSPS) is 10.8. The Bertz CT molecular complexity index is 1150. The molecule has 0 aromatic carbocycles. The van der Waals surface area contributed by atoms with E-state index in [1.165, 1.54) is 0 Å². The molecule has 0 aliphatic carbocycles. The molecule has 3 N–H and O–H groups in total. The number of hydrogen-bond acceptors (Lipinski definition) is 9. The van der Waals surface area contributed by atoms with Crippen molar-refractivity contribution in [1.82, 2.24) is 29.7 Å². The topological polar surface area (TPSA) is 181 Å². The third kappa shape index (κ3) is 18.1. The molecule has 0 saturated carbocycles. The van der Waals surface area contributed by atoms with Crippen molar-refractivity contribution in [2.75, 3.05) is 53.1 Å². The highest BCUT2D eigenvalue weighted by molar-refractivity contribution is 5.67. The first-order valence-corrected chi connectivity index (χ1v) is 16.1. The molecule has 0 fully saturated rings. The van der Waals surface area contributed by atoms with E-state index in [-0.39, 0.29) is 39.4 Å². The van der Waals surface area contributed by atoms with E-state index in [0.29, 0.717) is 90.1 Å². The molecule has 0 aliphatic rings. The molecular weight excluding hydrogens is 633 g/mol. The average Bonchev–Trinajstić information content (AvgIpc) is 3.05. The summed E-state index contributed by atoms with van der Waals surface area (Å²) in [5, 5.41) is 7.43. The fourth-order valence-electron chi connectivity index (χ4n) is 4.54. The quantitative estimate of drug-likeness (QED) is 0.0978. The molecule has 1 rings (SSSR count). The molecule has 18 heteroatoms. The summed E-state index contributed by atoms with van der Waals surface area (Å²) in [4.78, 5) is 73.6. The summed E-state index contributed by atoms with van der Waals surface area (Å²) in [5.41, 5.74) is -2.05. The summed E-state index contributed by atoms with van der Waals surface area (Å²) in [6.45, 7) is -2.08. The number of hydrogen-bond donors (Lipinski definition) is 3. The number of amides is 3. The van der Waals surface area contributed by atoms with Gasteiger partial charge >= 0.3 is 35.3 Å². The van der Waals surface area contributed by atoms with E-state index in [1.54, 1.807) is 0 Å². The Balaban J connectivity index is 2.74. The summed E-state index contributed by atoms with van der Waals surface area (Å²) in [6, 6.07) is 0. The lowest BCUT2D eigenvalue weighted by atomic mass is 10.2. The van der Waals surface area contributed by atoms with Crippen LogP contribution in [0.5, 0.6) is 0 Å². The van der Waals surface area contributed by atoms with Crippen molar-refractivity contribution in [3.63, 3.8) is 0 Å². The van der Waals surface area contributed by atoms with Gasteiger partial charge in [0.2, 0.25) is 6.86 Å². The van der Waals surface area contributed by atoms with Gasteiger partial charge in [0, 0.05) is 39.3 Å². The molecule has 0 aliphatic heterocycles. The van der Waals surface area contributed by atoms with Gasteiger partial charge in [-0.25, -0.2) is 55.6 Å². The van der Waals surface area contributed by atoms with Crippen molar-refractivity contribution in [2.45, 2.75) is 96.7 Å². The van der Waals surface area contributed by atoms with E-state index in [0.717, 1.165) is 13.7 Å². The molecule has 0 unspecified atom stereocenters. The zero-order chi connectivity index (χ0) is 34.7. The van der Waals surface area contributed by atoms with Crippen LogP contribution in [0, 0.1) is 0 Å². The number of unbranched alkanes of at least 4 members (excludes halogenated alkanes) is 9. The van der Waals surface area contributed by atoms with Crippen molar-refractivity contribution in [3.8, 4) is 0 Å². The van der Waals surface area contributed by atoms with Crippen molar-refractivity contribution in [2.24, 2.45) is 0 Å². The Labute approximate surface area is 271 Å². The number of nitrogens with one attached hydrogen (secondary N) is 3. The van der Waals surface area contributed by atoms with Gasteiger partial charge in [-0.2, -0.15) is 0 Å². The van der Waals surface area contributed by atoms with Crippen LogP contribution in [0.2, 0.25) is 0 Å². The van der Waals surface area contributed by atoms with Gasteiger partial charge < -0.3 is 30.2 Å². The van der Waals surface area contributed by atoms with Crippen LogP contribution in [-0.2, 0) is 33.8 Å². The first-order valence-electron chi connectivity index (χ1n) is 16.1. The van der Waals surface area contributed by atoms with Crippen LogP contribution >= 0.6 is 0 Å². The summed E-state index contributed by atoms with van der Waals surface area (Å²) >= 11 is 0. The van der Waals surface area contributed by atoms with Crippen LogP contribution in [0.4, 0.5) is 27.6 Å². The number of carbonyl (C=O) groups excluding carboxylic acids is 3. The number of aromatic nitrogens is 3. The maximum Gasteiger partial charge on any atom is 0.409 e. The SMILES string of the molecule is O=C(NCCCCCCn1c(=O)n(CCCCCCNC(=O)OCCF)c(=O)n(CCCCCCNC(=O)OCCF)c1=O)OCF. The molecule has 0 bridgehead atoms. The van der Waals surface area contributed by atoms with Crippen LogP contribution in [0.25, 0.3) is 0 Å². The van der Waals surface area contributed by atoms with E-state index in [4.69, 9.17) is 0 Å². The van der Waals surface area contributed by atoms with Crippen LogP contribution in [-0.4, -0.2) is 85.0 Å². The van der Waals surface area contributed by atoms with Gasteiger partial charge in [-0.1, -0.05) is 38.5 Å². The molecule has 0 atom stereocenters. The highest BCUT2D eigenvalue weighted by Crippen LogP contribution is 2.03. The molecule has 47 heavy (non-hydrogen) atoms. The Kier molecular flexibility index (Phi) is 22.8. The number of rotatable bonds is 26. The fourth-order valence-corrected chi connectivity index (χ4v) is 4.54. The minimum atomic E-state index is -1.21. The van der Waals surface area contributed by atoms with Gasteiger partial charge in [0.25, 0.3) is 0 Å². The predicted molar refractivity (Wildman–Crippen MR) is 166 cm³/mol.